The Bertz CT molecular complexity index is 152. The van der Waals surface area contributed by atoms with Gasteiger partial charge in [0.05, 0.1) is 0 Å². The van der Waals surface area contributed by atoms with Gasteiger partial charge < -0.3 is 9.90 Å². The Balaban J connectivity index is 3.49. The lowest BCUT2D eigenvalue weighted by Gasteiger charge is -2.12. The Kier molecular flexibility index (Phi) is 5.64. The van der Waals surface area contributed by atoms with E-state index in [4.69, 9.17) is 5.11 Å². The summed E-state index contributed by atoms with van der Waals surface area (Å²) in [6.45, 7) is 7.66. The highest BCUT2D eigenvalue weighted by atomic mass is 16.3. The van der Waals surface area contributed by atoms with E-state index in [1.54, 1.807) is 0 Å². The molecule has 70 valence electrons. The predicted octanol–water partition coefficient (Wildman–Crippen LogP) is 1.93. The lowest BCUT2D eigenvalue weighted by Crippen LogP contribution is -2.18. The maximum atomic E-state index is 10.2. The highest BCUT2D eigenvalue weighted by molar-refractivity contribution is 5.55. The van der Waals surface area contributed by atoms with Crippen molar-refractivity contribution in [3.05, 3.63) is 12.2 Å². The quantitative estimate of drug-likeness (QED) is 0.488. The first-order valence-electron chi connectivity index (χ1n) is 4.35. The summed E-state index contributed by atoms with van der Waals surface area (Å²) >= 11 is 0. The fourth-order valence-electron chi connectivity index (χ4n) is 1.03. The molecule has 2 nitrogen and oxygen atoms in total. The zero-order valence-corrected chi connectivity index (χ0v) is 7.92. The van der Waals surface area contributed by atoms with Crippen molar-refractivity contribution in [1.82, 2.24) is 0 Å². The first kappa shape index (κ1) is 11.4. The van der Waals surface area contributed by atoms with Crippen LogP contribution in [0.5, 0.6) is 0 Å². The summed E-state index contributed by atoms with van der Waals surface area (Å²) in [5.41, 5.74) is 1.16. The minimum Gasteiger partial charge on any atom is -0.385 e. The van der Waals surface area contributed by atoms with Crippen LogP contribution in [-0.4, -0.2) is 17.5 Å². The van der Waals surface area contributed by atoms with E-state index in [1.165, 1.54) is 0 Å². The maximum absolute atomic E-state index is 10.2. The Morgan fingerprint density at radius 1 is 1.67 bits per heavy atom. The van der Waals surface area contributed by atoms with Gasteiger partial charge in [0, 0.05) is 0 Å². The molecule has 0 aromatic rings. The van der Waals surface area contributed by atoms with Crippen LogP contribution in [0, 0.1) is 5.92 Å². The fraction of sp³-hybridized carbons (Fsp3) is 0.700. The van der Waals surface area contributed by atoms with Crippen molar-refractivity contribution < 1.29 is 9.90 Å². The molecule has 12 heavy (non-hydrogen) atoms. The molecular formula is C10H18O2. The molecule has 0 aromatic heterocycles. The minimum atomic E-state index is -0.796. The third-order valence-corrected chi connectivity index (χ3v) is 1.99. The number of allylic oxidation sites excluding steroid dienone is 1. The average molecular weight is 170 g/mol. The molecule has 0 aliphatic rings. The summed E-state index contributed by atoms with van der Waals surface area (Å²) in [6.07, 6.45) is 2.67. The van der Waals surface area contributed by atoms with Crippen molar-refractivity contribution in [1.29, 1.82) is 0 Å². The first-order valence-corrected chi connectivity index (χ1v) is 4.35. The first-order chi connectivity index (χ1) is 5.57. The summed E-state index contributed by atoms with van der Waals surface area (Å²) in [6, 6.07) is 0. The molecule has 0 bridgehead atoms. The van der Waals surface area contributed by atoms with Crippen LogP contribution in [0.3, 0.4) is 0 Å². The number of carbonyl (C=O) groups is 1. The van der Waals surface area contributed by atoms with Crippen molar-refractivity contribution in [3.8, 4) is 0 Å². The molecule has 0 saturated carbocycles. The van der Waals surface area contributed by atoms with Gasteiger partial charge in [-0.05, 0) is 32.1 Å². The molecule has 0 unspecified atom stereocenters. The molecule has 1 N–H and O–H groups in total. The second kappa shape index (κ2) is 5.95. The lowest BCUT2D eigenvalue weighted by molar-refractivity contribution is -0.117. The molecule has 0 fully saturated rings. The van der Waals surface area contributed by atoms with Crippen LogP contribution in [0.25, 0.3) is 0 Å². The fourth-order valence-corrected chi connectivity index (χ4v) is 1.03. The summed E-state index contributed by atoms with van der Waals surface area (Å²) < 4.78 is 0. The minimum absolute atomic E-state index is 0.0712. The zero-order chi connectivity index (χ0) is 9.56. The molecule has 2 heteroatoms. The van der Waals surface area contributed by atoms with Gasteiger partial charge in [0.2, 0.25) is 0 Å². The topological polar surface area (TPSA) is 37.3 Å². The molecule has 0 amide bonds. The average Bonchev–Trinajstić information content (AvgIpc) is 2.02. The Labute approximate surface area is 74.3 Å². The van der Waals surface area contributed by atoms with Gasteiger partial charge in [0.1, 0.15) is 12.4 Å². The van der Waals surface area contributed by atoms with Crippen LogP contribution in [0.1, 0.15) is 33.1 Å². The summed E-state index contributed by atoms with van der Waals surface area (Å²) in [4.78, 5) is 10.2. The summed E-state index contributed by atoms with van der Waals surface area (Å²) in [5, 5.41) is 9.10. The highest BCUT2D eigenvalue weighted by Gasteiger charge is 2.11. The van der Waals surface area contributed by atoms with Crippen molar-refractivity contribution in [2.45, 2.75) is 39.2 Å². The second-order valence-electron chi connectivity index (χ2n) is 3.45. The third kappa shape index (κ3) is 5.08. The predicted molar refractivity (Wildman–Crippen MR) is 49.9 cm³/mol. The molecule has 0 saturated heterocycles. The van der Waals surface area contributed by atoms with Gasteiger partial charge >= 0.3 is 0 Å². The molecule has 0 aromatic carbocycles. The Morgan fingerprint density at radius 3 is 2.67 bits per heavy atom. The van der Waals surface area contributed by atoms with E-state index in [0.29, 0.717) is 6.29 Å². The SMILES string of the molecule is C=C(C)CCC[C@H](C)[C@H](O)C=O. The van der Waals surface area contributed by atoms with E-state index in [-0.39, 0.29) is 5.92 Å². The van der Waals surface area contributed by atoms with Gasteiger partial charge in [0.25, 0.3) is 0 Å². The standard InChI is InChI=1S/C10H18O2/c1-8(2)5-4-6-9(3)10(12)7-11/h7,9-10,12H,1,4-6H2,2-3H3/t9-,10+/m0/s1. The summed E-state index contributed by atoms with van der Waals surface area (Å²) in [7, 11) is 0. The Hall–Kier alpha value is -0.630. The van der Waals surface area contributed by atoms with E-state index in [1.807, 2.05) is 13.8 Å². The summed E-state index contributed by atoms with van der Waals surface area (Å²) in [5.74, 6) is 0.0712. The number of carbonyl (C=O) groups excluding carboxylic acids is 1. The zero-order valence-electron chi connectivity index (χ0n) is 7.92. The molecule has 0 heterocycles. The van der Waals surface area contributed by atoms with Crippen LogP contribution in [0.2, 0.25) is 0 Å². The monoisotopic (exact) mass is 170 g/mol. The van der Waals surface area contributed by atoms with Gasteiger partial charge in [0.15, 0.2) is 0 Å². The highest BCUT2D eigenvalue weighted by Crippen LogP contribution is 2.13. The van der Waals surface area contributed by atoms with Crippen LogP contribution in [0.15, 0.2) is 12.2 Å². The largest absolute Gasteiger partial charge is 0.385 e. The number of hydrogen-bond donors (Lipinski definition) is 1. The van der Waals surface area contributed by atoms with Crippen LogP contribution >= 0.6 is 0 Å². The molecule has 2 atom stereocenters. The van der Waals surface area contributed by atoms with Gasteiger partial charge in [-0.1, -0.05) is 12.5 Å². The molecule has 0 rings (SSSR count). The van der Waals surface area contributed by atoms with Crippen molar-refractivity contribution in [2.24, 2.45) is 5.92 Å². The molecule has 0 aliphatic carbocycles. The van der Waals surface area contributed by atoms with E-state index >= 15 is 0 Å². The maximum Gasteiger partial charge on any atom is 0.148 e. The van der Waals surface area contributed by atoms with Gasteiger partial charge in [-0.25, -0.2) is 0 Å². The normalized spacial score (nSPS) is 15.2. The number of rotatable bonds is 6. The van der Waals surface area contributed by atoms with Crippen molar-refractivity contribution >= 4 is 6.29 Å². The lowest BCUT2D eigenvalue weighted by atomic mass is 9.98. The third-order valence-electron chi connectivity index (χ3n) is 1.99. The Morgan fingerprint density at radius 2 is 2.25 bits per heavy atom. The van der Waals surface area contributed by atoms with E-state index in [0.717, 1.165) is 24.8 Å². The van der Waals surface area contributed by atoms with Crippen LogP contribution in [-0.2, 0) is 4.79 Å². The van der Waals surface area contributed by atoms with Gasteiger partial charge in [-0.2, -0.15) is 0 Å². The molecule has 0 spiro atoms. The molecular weight excluding hydrogens is 152 g/mol. The number of aliphatic hydroxyl groups is 1. The van der Waals surface area contributed by atoms with Gasteiger partial charge in [-0.3, -0.25) is 0 Å². The van der Waals surface area contributed by atoms with E-state index in [2.05, 4.69) is 6.58 Å². The van der Waals surface area contributed by atoms with Crippen molar-refractivity contribution in [3.63, 3.8) is 0 Å². The smallest absolute Gasteiger partial charge is 0.148 e. The van der Waals surface area contributed by atoms with Crippen LogP contribution in [0.4, 0.5) is 0 Å². The van der Waals surface area contributed by atoms with Crippen molar-refractivity contribution in [2.75, 3.05) is 0 Å². The van der Waals surface area contributed by atoms with Crippen LogP contribution < -0.4 is 0 Å². The van der Waals surface area contributed by atoms with E-state index < -0.39 is 6.10 Å². The second-order valence-corrected chi connectivity index (χ2v) is 3.45. The van der Waals surface area contributed by atoms with E-state index in [9.17, 15) is 4.79 Å². The number of aldehydes is 1. The number of aliphatic hydroxyl groups excluding tert-OH is 1. The molecule has 0 aliphatic heterocycles. The number of hydrogen-bond acceptors (Lipinski definition) is 2. The molecule has 0 radical (unpaired) electrons. The van der Waals surface area contributed by atoms with Gasteiger partial charge in [-0.15, -0.1) is 6.58 Å².